The average molecular weight is 465 g/mol. The lowest BCUT2D eigenvalue weighted by molar-refractivity contribution is -0.123. The second-order valence-corrected chi connectivity index (χ2v) is 10.8. The lowest BCUT2D eigenvalue weighted by Crippen LogP contribution is -2.50. The molecule has 2 aliphatic rings. The maximum Gasteiger partial charge on any atom is 0.268 e. The van der Waals surface area contributed by atoms with Crippen LogP contribution in [-0.4, -0.2) is 28.0 Å². The number of anilines is 1. The van der Waals surface area contributed by atoms with E-state index in [1.54, 1.807) is 28.0 Å². The predicted molar refractivity (Wildman–Crippen MR) is 125 cm³/mol. The third-order valence-corrected chi connectivity index (χ3v) is 7.60. The van der Waals surface area contributed by atoms with Gasteiger partial charge in [-0.15, -0.1) is 11.8 Å². The van der Waals surface area contributed by atoms with Crippen molar-refractivity contribution in [3.05, 3.63) is 101 Å². The number of thioether (sulfide) groups is 1. The summed E-state index contributed by atoms with van der Waals surface area (Å²) in [5.41, 5.74) is 2.43. The highest BCUT2D eigenvalue weighted by atomic mass is 32.2. The second kappa shape index (κ2) is 7.70. The minimum atomic E-state index is -1.26. The van der Waals surface area contributed by atoms with Crippen molar-refractivity contribution in [1.82, 2.24) is 4.90 Å². The first kappa shape index (κ1) is 21.6. The number of amides is 2. The van der Waals surface area contributed by atoms with Gasteiger partial charge < -0.3 is 9.80 Å². The fourth-order valence-electron chi connectivity index (χ4n) is 4.66. The lowest BCUT2D eigenvalue weighted by atomic mass is 10.0. The van der Waals surface area contributed by atoms with Gasteiger partial charge in [-0.2, -0.15) is 0 Å². The molecule has 1 unspecified atom stereocenters. The summed E-state index contributed by atoms with van der Waals surface area (Å²) in [6.45, 7) is 4.58. The van der Waals surface area contributed by atoms with E-state index in [1.807, 2.05) is 38.1 Å². The Bertz CT molecular complexity index is 1260. The van der Waals surface area contributed by atoms with Gasteiger partial charge in [0.15, 0.2) is 4.87 Å². The van der Waals surface area contributed by atoms with Gasteiger partial charge >= 0.3 is 0 Å². The summed E-state index contributed by atoms with van der Waals surface area (Å²) in [6.07, 6.45) is 0. The molecule has 0 N–H and O–H groups in total. The zero-order valence-corrected chi connectivity index (χ0v) is 19.0. The maximum atomic E-state index is 14.1. The number of rotatable bonds is 3. The first-order valence-corrected chi connectivity index (χ1v) is 11.5. The van der Waals surface area contributed by atoms with Crippen molar-refractivity contribution in [3.8, 4) is 0 Å². The van der Waals surface area contributed by atoms with E-state index in [0.717, 1.165) is 11.1 Å². The van der Waals surface area contributed by atoms with Crippen LogP contribution in [-0.2, 0) is 16.2 Å². The van der Waals surface area contributed by atoms with E-state index in [1.165, 1.54) is 42.1 Å². The minimum absolute atomic E-state index is 0.204. The number of carbonyl (C=O) groups excluding carboxylic acids is 2. The zero-order valence-electron chi connectivity index (χ0n) is 18.2. The number of halogens is 2. The lowest BCUT2D eigenvalue weighted by Gasteiger charge is -2.33. The first-order chi connectivity index (χ1) is 15.7. The van der Waals surface area contributed by atoms with Crippen molar-refractivity contribution in [2.75, 3.05) is 11.4 Å². The molecule has 2 aliphatic heterocycles. The fourth-order valence-corrected chi connectivity index (χ4v) is 6.39. The summed E-state index contributed by atoms with van der Waals surface area (Å²) >= 11 is 1.44. The van der Waals surface area contributed by atoms with Crippen molar-refractivity contribution >= 4 is 29.3 Å². The molecule has 1 atom stereocenters. The van der Waals surface area contributed by atoms with Gasteiger partial charge in [0.1, 0.15) is 11.6 Å². The highest BCUT2D eigenvalue weighted by Gasteiger charge is 2.63. The third kappa shape index (κ3) is 3.51. The summed E-state index contributed by atoms with van der Waals surface area (Å²) < 4.78 is 26.9. The molecule has 1 fully saturated rings. The van der Waals surface area contributed by atoms with E-state index in [9.17, 15) is 18.4 Å². The molecule has 1 spiro atoms. The zero-order chi connectivity index (χ0) is 23.4. The average Bonchev–Trinajstić information content (AvgIpc) is 3.21. The molecule has 0 bridgehead atoms. The highest BCUT2D eigenvalue weighted by Crippen LogP contribution is 2.60. The van der Waals surface area contributed by atoms with Crippen LogP contribution >= 0.6 is 11.8 Å². The third-order valence-electron chi connectivity index (χ3n) is 6.01. The van der Waals surface area contributed by atoms with Crippen LogP contribution in [0.3, 0.4) is 0 Å². The van der Waals surface area contributed by atoms with Gasteiger partial charge in [-0.3, -0.25) is 9.59 Å². The van der Waals surface area contributed by atoms with Crippen LogP contribution in [0, 0.1) is 11.6 Å². The summed E-state index contributed by atoms with van der Waals surface area (Å²) in [7, 11) is 0. The number of fused-ring (bicyclic) bond motifs is 2. The van der Waals surface area contributed by atoms with Crippen LogP contribution in [0.25, 0.3) is 0 Å². The van der Waals surface area contributed by atoms with Crippen molar-refractivity contribution in [1.29, 1.82) is 0 Å². The van der Waals surface area contributed by atoms with Gasteiger partial charge in [0.25, 0.3) is 11.8 Å². The van der Waals surface area contributed by atoms with Gasteiger partial charge in [0.2, 0.25) is 0 Å². The van der Waals surface area contributed by atoms with Gasteiger partial charge in [-0.25, -0.2) is 8.78 Å². The van der Waals surface area contributed by atoms with E-state index in [4.69, 9.17) is 0 Å². The molecule has 1 saturated heterocycles. The van der Waals surface area contributed by atoms with Crippen molar-refractivity contribution < 1.29 is 18.4 Å². The smallest absolute Gasteiger partial charge is 0.268 e. The second-order valence-electron chi connectivity index (χ2n) is 8.94. The van der Waals surface area contributed by atoms with Crippen molar-refractivity contribution in [2.45, 2.75) is 30.0 Å². The van der Waals surface area contributed by atoms with E-state index < -0.39 is 15.4 Å². The molecule has 5 rings (SSSR count). The first-order valence-electron chi connectivity index (χ1n) is 10.6. The molecule has 7 heteroatoms. The molecule has 2 heterocycles. The summed E-state index contributed by atoms with van der Waals surface area (Å²) in [5, 5.41) is 0. The molecular weight excluding hydrogens is 442 g/mol. The topological polar surface area (TPSA) is 40.6 Å². The number of nitrogens with zero attached hydrogens (tertiary/aromatic N) is 2. The molecule has 168 valence electrons. The van der Waals surface area contributed by atoms with Gasteiger partial charge in [-0.1, -0.05) is 36.4 Å². The quantitative estimate of drug-likeness (QED) is 0.526. The van der Waals surface area contributed by atoms with Crippen LogP contribution in [0.2, 0.25) is 0 Å². The van der Waals surface area contributed by atoms with E-state index >= 15 is 0 Å². The maximum absolute atomic E-state index is 14.1. The van der Waals surface area contributed by atoms with Crippen LogP contribution in [0.5, 0.6) is 0 Å². The Hall–Kier alpha value is -3.19. The predicted octanol–water partition coefficient (Wildman–Crippen LogP) is 5.33. The number of para-hydroxylation sites is 1. The van der Waals surface area contributed by atoms with Crippen molar-refractivity contribution in [2.24, 2.45) is 0 Å². The van der Waals surface area contributed by atoms with Gasteiger partial charge in [0, 0.05) is 22.4 Å². The molecule has 0 saturated carbocycles. The monoisotopic (exact) mass is 464 g/mol. The Kier molecular flexibility index (Phi) is 5.05. The molecule has 4 nitrogen and oxygen atoms in total. The highest BCUT2D eigenvalue weighted by molar-refractivity contribution is 8.02. The van der Waals surface area contributed by atoms with Crippen LogP contribution < -0.4 is 4.90 Å². The van der Waals surface area contributed by atoms with E-state index in [0.29, 0.717) is 12.2 Å². The van der Waals surface area contributed by atoms with Gasteiger partial charge in [0.05, 0.1) is 12.2 Å². The number of hydrogen-bond donors (Lipinski definition) is 0. The molecule has 3 aromatic rings. The molecule has 0 aromatic heterocycles. The number of benzene rings is 3. The van der Waals surface area contributed by atoms with E-state index in [2.05, 4.69) is 0 Å². The van der Waals surface area contributed by atoms with Crippen molar-refractivity contribution in [3.63, 3.8) is 0 Å². The molecular formula is C26H22F2N2O2S. The Morgan fingerprint density at radius 2 is 1.70 bits per heavy atom. The Balaban J connectivity index is 1.62. The van der Waals surface area contributed by atoms with Crippen LogP contribution in [0.4, 0.5) is 14.5 Å². The normalized spacial score (nSPS) is 21.0. The molecule has 33 heavy (non-hydrogen) atoms. The Morgan fingerprint density at radius 3 is 2.42 bits per heavy atom. The molecule has 3 aromatic carbocycles. The molecule has 0 radical (unpaired) electrons. The van der Waals surface area contributed by atoms with Crippen LogP contribution in [0.15, 0.2) is 72.8 Å². The number of hydrogen-bond acceptors (Lipinski definition) is 3. The standard InChI is InChI=1S/C26H22F2N2O2S/c1-25(2)16-30(23(31)18-6-5-7-20(28)14-18)26(33-25)21-8-3-4-9-22(21)29(24(26)32)15-17-10-12-19(27)13-11-17/h3-14H,15-16H2,1-2H3. The summed E-state index contributed by atoms with van der Waals surface area (Å²) in [6, 6.07) is 19.0. The summed E-state index contributed by atoms with van der Waals surface area (Å²) in [4.78, 5) is 29.7. The summed E-state index contributed by atoms with van der Waals surface area (Å²) in [5.74, 6) is -1.46. The number of carbonyl (C=O) groups is 2. The van der Waals surface area contributed by atoms with Crippen LogP contribution in [0.1, 0.15) is 35.3 Å². The Labute approximate surface area is 195 Å². The minimum Gasteiger partial charge on any atom is -0.310 e. The Morgan fingerprint density at radius 1 is 0.970 bits per heavy atom. The van der Waals surface area contributed by atoms with E-state index in [-0.39, 0.29) is 29.7 Å². The SMILES string of the molecule is CC1(C)CN(C(=O)c2cccc(F)c2)C2(S1)C(=O)N(Cc1ccc(F)cc1)c1ccccc12. The fraction of sp³-hybridized carbons (Fsp3) is 0.231. The largest absolute Gasteiger partial charge is 0.310 e. The van der Waals surface area contributed by atoms with Gasteiger partial charge in [-0.05, 0) is 55.8 Å². The molecule has 0 aliphatic carbocycles. The molecule has 2 amide bonds.